The summed E-state index contributed by atoms with van der Waals surface area (Å²) in [5.41, 5.74) is 4.64. The lowest BCUT2D eigenvalue weighted by Gasteiger charge is -2.14. The molecule has 0 aliphatic carbocycles. The topological polar surface area (TPSA) is 139 Å². The first-order valence-electron chi connectivity index (χ1n) is 16.6. The van der Waals surface area contributed by atoms with Crippen molar-refractivity contribution in [1.82, 2.24) is 0 Å². The standard InChI is InChI=1S/C42H34N2O7S/c1-3-28-7-5-9-40(38(28)26-43)50-34-18-13-30(14-19-34)29-11-16-33(17-12-29)49-22-21-31-8-6-10-41(39(31)27-44)51-35-20-15-32-23-36(52(45,46)47)25-42(48-4-2)37(32)24-35/h5-20,23-25H,3-4,21-22H2,1-2H3,(H,45,46,47). The second kappa shape index (κ2) is 15.7. The monoisotopic (exact) mass is 710 g/mol. The smallest absolute Gasteiger partial charge is 0.294 e. The van der Waals surface area contributed by atoms with Crippen LogP contribution in [-0.2, 0) is 23.0 Å². The molecule has 6 aromatic rings. The van der Waals surface area contributed by atoms with E-state index in [0.717, 1.165) is 28.7 Å². The number of nitrogens with zero attached hydrogens (tertiary/aromatic N) is 2. The van der Waals surface area contributed by atoms with Crippen molar-refractivity contribution < 1.29 is 31.9 Å². The van der Waals surface area contributed by atoms with E-state index in [-0.39, 0.29) is 17.3 Å². The summed E-state index contributed by atoms with van der Waals surface area (Å²) in [4.78, 5) is -0.266. The Kier molecular flexibility index (Phi) is 10.7. The van der Waals surface area contributed by atoms with Crippen LogP contribution < -0.4 is 18.9 Å². The van der Waals surface area contributed by atoms with E-state index in [1.165, 1.54) is 12.1 Å². The van der Waals surface area contributed by atoms with Gasteiger partial charge in [-0.3, -0.25) is 4.55 Å². The van der Waals surface area contributed by atoms with Crippen molar-refractivity contribution in [1.29, 1.82) is 10.5 Å². The minimum atomic E-state index is -4.43. The van der Waals surface area contributed by atoms with Gasteiger partial charge in [-0.1, -0.05) is 61.5 Å². The second-order valence-corrected chi connectivity index (χ2v) is 13.1. The Hall–Kier alpha value is -6.33. The zero-order chi connectivity index (χ0) is 36.7. The van der Waals surface area contributed by atoms with Gasteiger partial charge in [0.1, 0.15) is 46.6 Å². The number of aryl methyl sites for hydroxylation is 1. The highest BCUT2D eigenvalue weighted by Crippen LogP contribution is 2.36. The lowest BCUT2D eigenvalue weighted by Crippen LogP contribution is -2.04. The van der Waals surface area contributed by atoms with Crippen molar-refractivity contribution in [3.63, 3.8) is 0 Å². The minimum Gasteiger partial charge on any atom is -0.493 e. The number of hydrogen-bond donors (Lipinski definition) is 1. The molecule has 0 atom stereocenters. The van der Waals surface area contributed by atoms with E-state index in [4.69, 9.17) is 18.9 Å². The predicted molar refractivity (Wildman–Crippen MR) is 198 cm³/mol. The van der Waals surface area contributed by atoms with Gasteiger partial charge < -0.3 is 18.9 Å². The molecule has 0 aliphatic rings. The summed E-state index contributed by atoms with van der Waals surface area (Å²) in [6.45, 7) is 4.40. The number of hydrogen-bond acceptors (Lipinski definition) is 8. The van der Waals surface area contributed by atoms with Crippen LogP contribution in [0.15, 0.2) is 120 Å². The molecule has 0 saturated carbocycles. The quantitative estimate of drug-likeness (QED) is 0.116. The fourth-order valence-corrected chi connectivity index (χ4v) is 6.37. The summed E-state index contributed by atoms with van der Waals surface area (Å²) >= 11 is 0. The van der Waals surface area contributed by atoms with Crippen molar-refractivity contribution in [2.45, 2.75) is 31.6 Å². The average molecular weight is 711 g/mol. The van der Waals surface area contributed by atoms with Crippen molar-refractivity contribution >= 4 is 20.9 Å². The van der Waals surface area contributed by atoms with Gasteiger partial charge in [-0.2, -0.15) is 18.9 Å². The third kappa shape index (κ3) is 8.00. The van der Waals surface area contributed by atoms with Gasteiger partial charge in [0.05, 0.1) is 29.2 Å². The van der Waals surface area contributed by atoms with Crippen LogP contribution in [-0.4, -0.2) is 26.2 Å². The normalized spacial score (nSPS) is 11.0. The van der Waals surface area contributed by atoms with Gasteiger partial charge in [0.25, 0.3) is 10.1 Å². The number of ether oxygens (including phenoxy) is 4. The van der Waals surface area contributed by atoms with Crippen LogP contribution in [0.4, 0.5) is 0 Å². The largest absolute Gasteiger partial charge is 0.493 e. The molecule has 0 radical (unpaired) electrons. The highest BCUT2D eigenvalue weighted by molar-refractivity contribution is 7.85. The van der Waals surface area contributed by atoms with E-state index < -0.39 is 10.1 Å². The van der Waals surface area contributed by atoms with Gasteiger partial charge in [0.2, 0.25) is 0 Å². The van der Waals surface area contributed by atoms with Crippen molar-refractivity contribution in [2.24, 2.45) is 0 Å². The minimum absolute atomic E-state index is 0.266. The summed E-state index contributed by atoms with van der Waals surface area (Å²) in [5, 5.41) is 20.8. The molecule has 0 fully saturated rings. The number of fused-ring (bicyclic) bond motifs is 1. The Morgan fingerprint density at radius 3 is 1.81 bits per heavy atom. The maximum absolute atomic E-state index is 11.8. The summed E-state index contributed by atoms with van der Waals surface area (Å²) < 4.78 is 57.0. The van der Waals surface area contributed by atoms with Crippen molar-refractivity contribution in [3.05, 3.63) is 138 Å². The SMILES string of the molecule is CCOc1cc(S(=O)(=O)O)cc2ccc(Oc3cccc(CCOc4ccc(-c5ccc(Oc6cccc(CC)c6C#N)cc5)cc4)c3C#N)cc12. The molecule has 0 unspecified atom stereocenters. The maximum atomic E-state index is 11.8. The highest BCUT2D eigenvalue weighted by Gasteiger charge is 2.17. The lowest BCUT2D eigenvalue weighted by molar-refractivity contribution is 0.321. The predicted octanol–water partition coefficient (Wildman–Crippen LogP) is 9.66. The van der Waals surface area contributed by atoms with E-state index in [0.29, 0.717) is 63.7 Å². The summed E-state index contributed by atoms with van der Waals surface area (Å²) in [6, 6.07) is 38.6. The van der Waals surface area contributed by atoms with E-state index in [2.05, 4.69) is 12.1 Å². The molecule has 0 saturated heterocycles. The Morgan fingerprint density at radius 1 is 0.635 bits per heavy atom. The molecule has 0 heterocycles. The van der Waals surface area contributed by atoms with Gasteiger partial charge in [-0.25, -0.2) is 0 Å². The molecule has 52 heavy (non-hydrogen) atoms. The molecule has 6 aromatic carbocycles. The molecule has 0 spiro atoms. The Morgan fingerprint density at radius 2 is 1.21 bits per heavy atom. The van der Waals surface area contributed by atoms with Gasteiger partial charge in [-0.15, -0.1) is 0 Å². The van der Waals surface area contributed by atoms with Crippen molar-refractivity contribution in [3.8, 4) is 57.8 Å². The molecule has 0 bridgehead atoms. The second-order valence-electron chi connectivity index (χ2n) is 11.7. The van der Waals surface area contributed by atoms with Gasteiger partial charge in [-0.05, 0) is 95.6 Å². The maximum Gasteiger partial charge on any atom is 0.294 e. The molecule has 260 valence electrons. The Balaban J connectivity index is 1.10. The van der Waals surface area contributed by atoms with E-state index in [1.54, 1.807) is 37.3 Å². The van der Waals surface area contributed by atoms with Crippen molar-refractivity contribution in [2.75, 3.05) is 13.2 Å². The molecule has 0 aliphatic heterocycles. The lowest BCUT2D eigenvalue weighted by atomic mass is 10.0. The van der Waals surface area contributed by atoms with Crippen LogP contribution in [0, 0.1) is 22.7 Å². The van der Waals surface area contributed by atoms with Crippen LogP contribution >= 0.6 is 0 Å². The van der Waals surface area contributed by atoms with E-state index >= 15 is 0 Å². The Labute approximate surface area is 302 Å². The summed E-state index contributed by atoms with van der Waals surface area (Å²) in [6.07, 6.45) is 1.21. The highest BCUT2D eigenvalue weighted by atomic mass is 32.2. The molecule has 1 N–H and O–H groups in total. The van der Waals surface area contributed by atoms with E-state index in [9.17, 15) is 23.5 Å². The number of nitriles is 2. The fourth-order valence-electron chi connectivity index (χ4n) is 5.84. The molecule has 10 heteroatoms. The van der Waals surface area contributed by atoms with Crippen LogP contribution in [0.3, 0.4) is 0 Å². The first-order chi connectivity index (χ1) is 25.2. The van der Waals surface area contributed by atoms with Crippen LogP contribution in [0.25, 0.3) is 21.9 Å². The molecular formula is C42H34N2O7S. The van der Waals surface area contributed by atoms with E-state index in [1.807, 2.05) is 79.7 Å². The summed E-state index contributed by atoms with van der Waals surface area (Å²) in [5.74, 6) is 2.95. The van der Waals surface area contributed by atoms with Gasteiger partial charge in [0, 0.05) is 17.9 Å². The average Bonchev–Trinajstić information content (AvgIpc) is 3.15. The molecular weight excluding hydrogens is 677 g/mol. The van der Waals surface area contributed by atoms with Crippen LogP contribution in [0.1, 0.15) is 36.1 Å². The fraction of sp³-hybridized carbons (Fsp3) is 0.143. The zero-order valence-corrected chi connectivity index (χ0v) is 29.3. The Bertz CT molecular complexity index is 2430. The zero-order valence-electron chi connectivity index (χ0n) is 28.5. The number of benzene rings is 6. The molecule has 9 nitrogen and oxygen atoms in total. The molecule has 0 aromatic heterocycles. The first kappa shape index (κ1) is 35.5. The molecule has 0 amide bonds. The third-order valence-electron chi connectivity index (χ3n) is 8.43. The first-order valence-corrected chi connectivity index (χ1v) is 18.1. The number of rotatable bonds is 13. The van der Waals surface area contributed by atoms with Gasteiger partial charge in [0.15, 0.2) is 0 Å². The van der Waals surface area contributed by atoms with Gasteiger partial charge >= 0.3 is 0 Å². The van der Waals surface area contributed by atoms with Crippen LogP contribution in [0.2, 0.25) is 0 Å². The third-order valence-corrected chi connectivity index (χ3v) is 9.26. The van der Waals surface area contributed by atoms with Crippen LogP contribution in [0.5, 0.6) is 34.5 Å². The summed E-state index contributed by atoms with van der Waals surface area (Å²) in [7, 11) is -4.43. The molecule has 6 rings (SSSR count).